The molecule has 0 unspecified atom stereocenters. The van der Waals surface area contributed by atoms with Crippen LogP contribution in [-0.2, 0) is 32.0 Å². The number of nitrogens with zero attached hydrogens (tertiary/aromatic N) is 2. The number of allylic oxidation sites excluding steroid dienone is 1. The first kappa shape index (κ1) is 20.4. The molecule has 2 aromatic carbocycles. The lowest BCUT2D eigenvalue weighted by atomic mass is 9.85. The highest BCUT2D eigenvalue weighted by molar-refractivity contribution is 6.46. The van der Waals surface area contributed by atoms with Gasteiger partial charge >= 0.3 is 7.12 Å². The Balaban J connectivity index is 1.59. The van der Waals surface area contributed by atoms with E-state index in [9.17, 15) is 9.59 Å². The van der Waals surface area contributed by atoms with Gasteiger partial charge in [0.1, 0.15) is 0 Å². The molecule has 2 heterocycles. The summed E-state index contributed by atoms with van der Waals surface area (Å²) in [6.45, 7) is 5.51. The number of rotatable bonds is 6. The van der Waals surface area contributed by atoms with E-state index >= 15 is 0 Å². The summed E-state index contributed by atoms with van der Waals surface area (Å²) in [5.74, 6) is -0.411. The Kier molecular flexibility index (Phi) is 6.30. The lowest BCUT2D eigenvalue weighted by molar-refractivity contribution is -0.153. The molecule has 154 valence electrons. The molecule has 2 fully saturated rings. The summed E-state index contributed by atoms with van der Waals surface area (Å²) in [5, 5.41) is 0. The first-order valence-corrected chi connectivity index (χ1v) is 10.2. The predicted octanol–water partition coefficient (Wildman–Crippen LogP) is 2.52. The molecule has 0 bridgehead atoms. The van der Waals surface area contributed by atoms with E-state index in [0.717, 1.165) is 11.1 Å². The third kappa shape index (κ3) is 4.47. The minimum absolute atomic E-state index is 0.205. The number of hydrogen-bond acceptors (Lipinski definition) is 4. The molecule has 0 N–H and O–H groups in total. The SMILES string of the molecule is C=CCB1O[C@@H]2C(=O)N(Cc3ccccc3)CCN(Cc3ccccc3)C(=O)[C@H]2O1. The van der Waals surface area contributed by atoms with Crippen LogP contribution >= 0.6 is 0 Å². The Morgan fingerprint density at radius 1 is 0.833 bits per heavy atom. The summed E-state index contributed by atoms with van der Waals surface area (Å²) in [5.41, 5.74) is 2.07. The van der Waals surface area contributed by atoms with Crippen LogP contribution in [0.4, 0.5) is 0 Å². The lowest BCUT2D eigenvalue weighted by Gasteiger charge is -2.35. The quantitative estimate of drug-likeness (QED) is 0.549. The van der Waals surface area contributed by atoms with Crippen LogP contribution in [-0.4, -0.2) is 54.0 Å². The van der Waals surface area contributed by atoms with Gasteiger partial charge in [0.05, 0.1) is 0 Å². The second-order valence-corrected chi connectivity index (χ2v) is 7.56. The Labute approximate surface area is 177 Å². The summed E-state index contributed by atoms with van der Waals surface area (Å²) in [4.78, 5) is 30.1. The van der Waals surface area contributed by atoms with Gasteiger partial charge in [0.25, 0.3) is 11.8 Å². The first-order chi connectivity index (χ1) is 14.7. The van der Waals surface area contributed by atoms with Gasteiger partial charge in [-0.2, -0.15) is 0 Å². The van der Waals surface area contributed by atoms with Crippen molar-refractivity contribution in [2.45, 2.75) is 31.6 Å². The third-order valence-corrected chi connectivity index (χ3v) is 5.41. The minimum Gasteiger partial charge on any atom is -0.396 e. The Morgan fingerprint density at radius 3 is 1.67 bits per heavy atom. The van der Waals surface area contributed by atoms with Crippen molar-refractivity contribution in [1.29, 1.82) is 0 Å². The molecule has 6 nitrogen and oxygen atoms in total. The molecule has 0 saturated carbocycles. The topological polar surface area (TPSA) is 59.1 Å². The fraction of sp³-hybridized carbons (Fsp3) is 0.304. The van der Waals surface area contributed by atoms with E-state index < -0.39 is 19.3 Å². The van der Waals surface area contributed by atoms with Crippen molar-refractivity contribution in [2.24, 2.45) is 0 Å². The molecule has 2 amide bonds. The summed E-state index contributed by atoms with van der Waals surface area (Å²) in [7, 11) is -0.638. The molecule has 7 heteroatoms. The largest absolute Gasteiger partial charge is 0.462 e. The van der Waals surface area contributed by atoms with Crippen molar-refractivity contribution < 1.29 is 18.9 Å². The van der Waals surface area contributed by atoms with Gasteiger partial charge in [-0.25, -0.2) is 0 Å². The van der Waals surface area contributed by atoms with Crippen LogP contribution < -0.4 is 0 Å². The molecule has 0 aromatic heterocycles. The second kappa shape index (κ2) is 9.28. The van der Waals surface area contributed by atoms with E-state index in [1.807, 2.05) is 60.7 Å². The first-order valence-electron chi connectivity index (χ1n) is 10.2. The minimum atomic E-state index is -0.940. The number of hydrogen-bond donors (Lipinski definition) is 0. The summed E-state index contributed by atoms with van der Waals surface area (Å²) >= 11 is 0. The Bertz CT molecular complexity index is 823. The molecular formula is C23H25BN2O4. The fourth-order valence-corrected chi connectivity index (χ4v) is 3.87. The highest BCUT2D eigenvalue weighted by Crippen LogP contribution is 2.26. The van der Waals surface area contributed by atoms with Crippen LogP contribution in [0.1, 0.15) is 11.1 Å². The molecule has 30 heavy (non-hydrogen) atoms. The molecule has 4 rings (SSSR count). The van der Waals surface area contributed by atoms with Gasteiger partial charge in [0, 0.05) is 32.5 Å². The van der Waals surface area contributed by atoms with Crippen LogP contribution in [0.3, 0.4) is 0 Å². The smallest absolute Gasteiger partial charge is 0.396 e. The normalized spacial score (nSPS) is 21.9. The van der Waals surface area contributed by atoms with Crippen molar-refractivity contribution in [2.75, 3.05) is 13.1 Å². The van der Waals surface area contributed by atoms with Gasteiger partial charge in [0.15, 0.2) is 12.2 Å². The maximum Gasteiger partial charge on any atom is 0.462 e. The maximum absolute atomic E-state index is 13.3. The van der Waals surface area contributed by atoms with Crippen LogP contribution in [0, 0.1) is 0 Å². The molecular weight excluding hydrogens is 379 g/mol. The molecule has 2 aliphatic rings. The second-order valence-electron chi connectivity index (χ2n) is 7.56. The molecule has 0 spiro atoms. The van der Waals surface area contributed by atoms with E-state index in [-0.39, 0.29) is 11.8 Å². The number of amides is 2. The third-order valence-electron chi connectivity index (χ3n) is 5.41. The monoisotopic (exact) mass is 404 g/mol. The maximum atomic E-state index is 13.3. The number of fused-ring (bicyclic) bond motifs is 1. The highest BCUT2D eigenvalue weighted by atomic mass is 16.7. The van der Waals surface area contributed by atoms with Gasteiger partial charge in [-0.3, -0.25) is 9.59 Å². The van der Waals surface area contributed by atoms with Crippen molar-refractivity contribution in [1.82, 2.24) is 9.80 Å². The fourth-order valence-electron chi connectivity index (χ4n) is 3.87. The molecule has 2 saturated heterocycles. The number of carbonyl (C=O) groups excluding carboxylic acids is 2. The molecule has 2 aromatic rings. The summed E-state index contributed by atoms with van der Waals surface area (Å²) < 4.78 is 11.7. The molecule has 0 aliphatic carbocycles. The summed E-state index contributed by atoms with van der Waals surface area (Å²) in [6.07, 6.45) is 0.210. The van der Waals surface area contributed by atoms with Crippen molar-refractivity contribution in [3.8, 4) is 0 Å². The van der Waals surface area contributed by atoms with Crippen molar-refractivity contribution in [3.05, 3.63) is 84.4 Å². The van der Waals surface area contributed by atoms with Gasteiger partial charge in [0.2, 0.25) is 0 Å². The average Bonchev–Trinajstić information content (AvgIpc) is 3.19. The zero-order valence-electron chi connectivity index (χ0n) is 16.9. The van der Waals surface area contributed by atoms with Crippen LogP contribution in [0.5, 0.6) is 0 Å². The van der Waals surface area contributed by atoms with E-state index in [0.29, 0.717) is 32.5 Å². The average molecular weight is 404 g/mol. The van der Waals surface area contributed by atoms with E-state index in [1.165, 1.54) is 0 Å². The Morgan fingerprint density at radius 2 is 1.27 bits per heavy atom. The zero-order valence-corrected chi connectivity index (χ0v) is 16.9. The number of benzene rings is 2. The molecule has 2 atom stereocenters. The standard InChI is InChI=1S/C23H25BN2O4/c1-2-13-24-29-20-21(30-24)23(28)26(17-19-11-7-4-8-12-19)15-14-25(22(20)27)16-18-9-5-3-6-10-18/h2-12,20-21H,1,13-17H2/t20-,21-/m0/s1. The molecule has 2 aliphatic heterocycles. The van der Waals surface area contributed by atoms with Gasteiger partial charge in [-0.05, 0) is 11.1 Å². The summed E-state index contributed by atoms with van der Waals surface area (Å²) in [6, 6.07) is 19.7. The van der Waals surface area contributed by atoms with Crippen LogP contribution in [0.25, 0.3) is 0 Å². The predicted molar refractivity (Wildman–Crippen MR) is 114 cm³/mol. The van der Waals surface area contributed by atoms with E-state index in [2.05, 4.69) is 6.58 Å². The zero-order chi connectivity index (χ0) is 20.9. The molecule has 0 radical (unpaired) electrons. The Hall–Kier alpha value is -2.90. The van der Waals surface area contributed by atoms with E-state index in [1.54, 1.807) is 15.9 Å². The van der Waals surface area contributed by atoms with Crippen LogP contribution in [0.15, 0.2) is 73.3 Å². The van der Waals surface area contributed by atoms with Crippen molar-refractivity contribution >= 4 is 18.9 Å². The highest BCUT2D eigenvalue weighted by Gasteiger charge is 2.50. The van der Waals surface area contributed by atoms with Gasteiger partial charge in [-0.1, -0.05) is 66.7 Å². The van der Waals surface area contributed by atoms with Crippen LogP contribution in [0.2, 0.25) is 6.32 Å². The number of carbonyl (C=O) groups is 2. The van der Waals surface area contributed by atoms with E-state index in [4.69, 9.17) is 9.31 Å². The van der Waals surface area contributed by atoms with Gasteiger partial charge in [-0.15, -0.1) is 6.58 Å². The lowest BCUT2D eigenvalue weighted by Crippen LogP contribution is -2.55. The van der Waals surface area contributed by atoms with Crippen molar-refractivity contribution in [3.63, 3.8) is 0 Å². The van der Waals surface area contributed by atoms with Gasteiger partial charge < -0.3 is 19.1 Å².